The fourth-order valence-corrected chi connectivity index (χ4v) is 5.48. The summed E-state index contributed by atoms with van der Waals surface area (Å²) in [6.45, 7) is 7.20. The van der Waals surface area contributed by atoms with E-state index in [9.17, 15) is 13.2 Å². The molecule has 3 N–H and O–H groups in total. The SMILES string of the molecule is CCc1nc2nc(C)cc(C)c2[nH]1.Cc1ccc(-c2cc(-c3ccccc3)ccc2S(=O)(=O)NC(=O)CO)cc1. The van der Waals surface area contributed by atoms with Crippen molar-refractivity contribution in [3.8, 4) is 22.3 Å². The molecule has 0 saturated carbocycles. The summed E-state index contributed by atoms with van der Waals surface area (Å²) in [6.07, 6.45) is 0.925. The van der Waals surface area contributed by atoms with Gasteiger partial charge in [-0.15, -0.1) is 0 Å². The standard InChI is InChI=1S/C21H19NO4S.C10H13N3/c1-15-7-9-17(10-8-15)19-13-18(16-5-3-2-4-6-16)11-12-20(19)27(25,26)22-21(24)14-23;1-4-8-12-9-6(2)5-7(3)11-10(9)13-8/h2-13,23H,14H2,1H3,(H,22,24);5H,4H2,1-3H3,(H,11,12,13). The number of nitrogens with zero attached hydrogens (tertiary/aromatic N) is 2. The van der Waals surface area contributed by atoms with Crippen LogP contribution in [-0.4, -0.2) is 41.0 Å². The Bertz CT molecular complexity index is 1750. The van der Waals surface area contributed by atoms with Crippen LogP contribution in [0.15, 0.2) is 83.8 Å². The Kier molecular flexibility index (Phi) is 8.77. The first kappa shape index (κ1) is 28.7. The molecule has 9 heteroatoms. The Hall–Kier alpha value is -4.34. The minimum atomic E-state index is -4.12. The number of nitrogens with one attached hydrogen (secondary N) is 2. The van der Waals surface area contributed by atoms with Crippen LogP contribution < -0.4 is 4.72 Å². The van der Waals surface area contributed by atoms with Crippen molar-refractivity contribution in [2.24, 2.45) is 0 Å². The van der Waals surface area contributed by atoms with Gasteiger partial charge < -0.3 is 10.1 Å². The van der Waals surface area contributed by atoms with E-state index >= 15 is 0 Å². The zero-order valence-corrected chi connectivity index (χ0v) is 23.7. The van der Waals surface area contributed by atoms with Gasteiger partial charge in [0.05, 0.1) is 10.4 Å². The molecule has 5 aromatic rings. The predicted octanol–water partition coefficient (Wildman–Crippen LogP) is 5.26. The van der Waals surface area contributed by atoms with Gasteiger partial charge in [-0.3, -0.25) is 4.79 Å². The molecule has 0 fully saturated rings. The van der Waals surface area contributed by atoms with Crippen molar-refractivity contribution >= 4 is 27.1 Å². The van der Waals surface area contributed by atoms with Gasteiger partial charge in [-0.1, -0.05) is 73.2 Å². The van der Waals surface area contributed by atoms with E-state index in [1.807, 2.05) is 73.2 Å². The first-order chi connectivity index (χ1) is 19.1. The average molecular weight is 557 g/mol. The molecular weight excluding hydrogens is 524 g/mol. The molecule has 2 heterocycles. The lowest BCUT2D eigenvalue weighted by molar-refractivity contribution is -0.122. The van der Waals surface area contributed by atoms with Crippen molar-refractivity contribution < 1.29 is 18.3 Å². The minimum absolute atomic E-state index is 0.0205. The molecule has 2 aromatic heterocycles. The Morgan fingerprint density at radius 3 is 2.20 bits per heavy atom. The molecule has 3 aromatic carbocycles. The van der Waals surface area contributed by atoms with Gasteiger partial charge in [0, 0.05) is 17.7 Å². The highest BCUT2D eigenvalue weighted by atomic mass is 32.2. The lowest BCUT2D eigenvalue weighted by Gasteiger charge is -2.14. The number of aromatic nitrogens is 3. The molecule has 0 atom stereocenters. The summed E-state index contributed by atoms with van der Waals surface area (Å²) in [7, 11) is -4.12. The largest absolute Gasteiger partial charge is 0.387 e. The molecule has 1 amide bonds. The van der Waals surface area contributed by atoms with Gasteiger partial charge in [0.25, 0.3) is 15.9 Å². The number of pyridine rings is 1. The number of aromatic amines is 1. The Labute approximate surface area is 234 Å². The number of aryl methyl sites for hydroxylation is 4. The molecule has 40 heavy (non-hydrogen) atoms. The number of imidazole rings is 1. The van der Waals surface area contributed by atoms with Crippen molar-refractivity contribution in [1.29, 1.82) is 0 Å². The highest BCUT2D eigenvalue weighted by molar-refractivity contribution is 7.90. The van der Waals surface area contributed by atoms with Crippen LogP contribution in [0.5, 0.6) is 0 Å². The highest BCUT2D eigenvalue weighted by Crippen LogP contribution is 2.32. The van der Waals surface area contributed by atoms with Crippen molar-refractivity contribution in [3.63, 3.8) is 0 Å². The number of aliphatic hydroxyl groups is 1. The molecular formula is C31H32N4O4S. The predicted molar refractivity (Wildman–Crippen MR) is 157 cm³/mol. The van der Waals surface area contributed by atoms with E-state index in [-0.39, 0.29) is 4.90 Å². The fraction of sp³-hybridized carbons (Fsp3) is 0.194. The first-order valence-electron chi connectivity index (χ1n) is 12.9. The van der Waals surface area contributed by atoms with E-state index in [0.29, 0.717) is 5.56 Å². The third-order valence-corrected chi connectivity index (χ3v) is 7.73. The molecule has 0 unspecified atom stereocenters. The summed E-state index contributed by atoms with van der Waals surface area (Å²) in [5.41, 5.74) is 8.22. The number of sulfonamides is 1. The van der Waals surface area contributed by atoms with Gasteiger partial charge in [0.2, 0.25) is 0 Å². The van der Waals surface area contributed by atoms with Gasteiger partial charge in [0.15, 0.2) is 5.65 Å². The number of rotatable bonds is 6. The number of carbonyl (C=O) groups excluding carboxylic acids is 1. The Morgan fingerprint density at radius 2 is 1.55 bits per heavy atom. The van der Waals surface area contributed by atoms with Gasteiger partial charge >= 0.3 is 0 Å². The second-order valence-corrected chi connectivity index (χ2v) is 11.1. The number of carbonyl (C=O) groups is 1. The maximum atomic E-state index is 12.7. The van der Waals surface area contributed by atoms with E-state index in [1.54, 1.807) is 12.1 Å². The fourth-order valence-electron chi connectivity index (χ4n) is 4.29. The summed E-state index contributed by atoms with van der Waals surface area (Å²) < 4.78 is 27.2. The molecule has 0 aliphatic carbocycles. The molecule has 206 valence electrons. The highest BCUT2D eigenvalue weighted by Gasteiger charge is 2.22. The van der Waals surface area contributed by atoms with Gasteiger partial charge in [-0.2, -0.15) is 0 Å². The lowest BCUT2D eigenvalue weighted by atomic mass is 9.98. The third kappa shape index (κ3) is 6.62. The minimum Gasteiger partial charge on any atom is -0.387 e. The number of aliphatic hydroxyl groups excluding tert-OH is 1. The Balaban J connectivity index is 0.000000236. The second kappa shape index (κ2) is 12.2. The zero-order valence-electron chi connectivity index (χ0n) is 22.9. The van der Waals surface area contributed by atoms with Crippen molar-refractivity contribution in [1.82, 2.24) is 19.7 Å². The molecule has 0 bridgehead atoms. The normalized spacial score (nSPS) is 11.1. The number of H-pyrrole nitrogens is 1. The molecule has 0 aliphatic heterocycles. The average Bonchev–Trinajstić information content (AvgIpc) is 3.37. The Morgan fingerprint density at radius 1 is 0.875 bits per heavy atom. The topological polar surface area (TPSA) is 125 Å². The van der Waals surface area contributed by atoms with Crippen LogP contribution in [0.2, 0.25) is 0 Å². The number of fused-ring (bicyclic) bond motifs is 1. The van der Waals surface area contributed by atoms with E-state index in [0.717, 1.165) is 51.4 Å². The summed E-state index contributed by atoms with van der Waals surface area (Å²) in [5, 5.41) is 8.88. The molecule has 8 nitrogen and oxygen atoms in total. The summed E-state index contributed by atoms with van der Waals surface area (Å²) in [5.74, 6) is 0.0354. The summed E-state index contributed by atoms with van der Waals surface area (Å²) >= 11 is 0. The number of amides is 1. The maximum absolute atomic E-state index is 12.7. The smallest absolute Gasteiger partial charge is 0.264 e. The van der Waals surface area contributed by atoms with Crippen LogP contribution in [0.25, 0.3) is 33.4 Å². The maximum Gasteiger partial charge on any atom is 0.264 e. The summed E-state index contributed by atoms with van der Waals surface area (Å²) in [4.78, 5) is 23.4. The second-order valence-electron chi connectivity index (χ2n) is 9.45. The van der Waals surface area contributed by atoms with E-state index in [4.69, 9.17) is 5.11 Å². The van der Waals surface area contributed by atoms with Gasteiger partial charge in [-0.05, 0) is 61.2 Å². The monoisotopic (exact) mass is 556 g/mol. The third-order valence-electron chi connectivity index (χ3n) is 6.30. The molecule has 5 rings (SSSR count). The number of hydrogen-bond donors (Lipinski definition) is 3. The zero-order chi connectivity index (χ0) is 28.9. The van der Waals surface area contributed by atoms with E-state index < -0.39 is 22.5 Å². The quantitative estimate of drug-likeness (QED) is 0.262. The van der Waals surface area contributed by atoms with Crippen molar-refractivity contribution in [2.75, 3.05) is 6.61 Å². The van der Waals surface area contributed by atoms with Crippen LogP contribution in [0.4, 0.5) is 0 Å². The van der Waals surface area contributed by atoms with Crippen LogP contribution in [0.1, 0.15) is 29.6 Å². The van der Waals surface area contributed by atoms with Crippen LogP contribution in [-0.2, 0) is 21.2 Å². The first-order valence-corrected chi connectivity index (χ1v) is 14.4. The van der Waals surface area contributed by atoms with Crippen molar-refractivity contribution in [2.45, 2.75) is 39.0 Å². The molecule has 0 spiro atoms. The number of benzene rings is 3. The van der Waals surface area contributed by atoms with Crippen LogP contribution in [0.3, 0.4) is 0 Å². The molecule has 0 aliphatic rings. The lowest BCUT2D eigenvalue weighted by Crippen LogP contribution is -2.32. The van der Waals surface area contributed by atoms with Crippen molar-refractivity contribution in [3.05, 3.63) is 102 Å². The van der Waals surface area contributed by atoms with Crippen LogP contribution in [0, 0.1) is 20.8 Å². The summed E-state index contributed by atoms with van der Waals surface area (Å²) in [6, 6.07) is 24.1. The molecule has 0 radical (unpaired) electrons. The number of hydrogen-bond acceptors (Lipinski definition) is 6. The van der Waals surface area contributed by atoms with Crippen LogP contribution >= 0.6 is 0 Å². The van der Waals surface area contributed by atoms with E-state index in [1.165, 1.54) is 11.6 Å². The van der Waals surface area contributed by atoms with Gasteiger partial charge in [0.1, 0.15) is 12.4 Å². The molecule has 0 saturated heterocycles. The van der Waals surface area contributed by atoms with Gasteiger partial charge in [-0.25, -0.2) is 23.1 Å². The van der Waals surface area contributed by atoms with E-state index in [2.05, 4.69) is 34.9 Å².